The lowest BCUT2D eigenvalue weighted by molar-refractivity contribution is -0.140. The Kier molecular flexibility index (Phi) is 6.81. The van der Waals surface area contributed by atoms with E-state index in [2.05, 4.69) is 70.5 Å². The topological polar surface area (TPSA) is 47.1 Å². The fourth-order valence-electron chi connectivity index (χ4n) is 7.02. The maximum absolute atomic E-state index is 13.1. The molecule has 2 aromatic carbocycles. The first kappa shape index (κ1) is 23.7. The molecule has 4 atom stereocenters. The molecule has 0 N–H and O–H groups in total. The van der Waals surface area contributed by atoms with E-state index in [9.17, 15) is 9.59 Å². The van der Waals surface area contributed by atoms with Gasteiger partial charge in [0.25, 0.3) is 0 Å². The Morgan fingerprint density at radius 1 is 0.556 bits per heavy atom. The van der Waals surface area contributed by atoms with Gasteiger partial charge in [0.1, 0.15) is 0 Å². The van der Waals surface area contributed by atoms with Gasteiger partial charge in [-0.15, -0.1) is 0 Å². The lowest BCUT2D eigenvalue weighted by Gasteiger charge is -2.42. The fraction of sp³-hybridized carbons (Fsp3) is 0.533. The first-order valence-electron chi connectivity index (χ1n) is 13.8. The quantitative estimate of drug-likeness (QED) is 0.601. The van der Waals surface area contributed by atoms with Crippen LogP contribution in [0.25, 0.3) is 0 Å². The van der Waals surface area contributed by atoms with Crippen molar-refractivity contribution in [2.24, 2.45) is 0 Å². The second-order valence-electron chi connectivity index (χ2n) is 11.2. The van der Waals surface area contributed by atoms with Gasteiger partial charge < -0.3 is 9.80 Å². The highest BCUT2D eigenvalue weighted by atomic mass is 16.2. The molecule has 190 valence electrons. The molecule has 0 spiro atoms. The van der Waals surface area contributed by atoms with Crippen LogP contribution in [-0.4, -0.2) is 81.8 Å². The molecule has 4 bridgehead atoms. The summed E-state index contributed by atoms with van der Waals surface area (Å²) in [5, 5.41) is 0. The molecular formula is C30H38N4O2. The number of carbonyl (C=O) groups is 2. The largest absolute Gasteiger partial charge is 0.340 e. The summed E-state index contributed by atoms with van der Waals surface area (Å²) < 4.78 is 0. The van der Waals surface area contributed by atoms with Crippen molar-refractivity contribution in [3.05, 3.63) is 71.8 Å². The molecule has 6 nitrogen and oxygen atoms in total. The Morgan fingerprint density at radius 2 is 0.889 bits per heavy atom. The molecule has 2 aromatic rings. The number of amides is 2. The van der Waals surface area contributed by atoms with Crippen LogP contribution in [0.3, 0.4) is 0 Å². The number of fused-ring (bicyclic) bond motifs is 4. The Morgan fingerprint density at radius 3 is 1.22 bits per heavy atom. The Balaban J connectivity index is 0.982. The molecule has 0 aromatic heterocycles. The van der Waals surface area contributed by atoms with E-state index in [0.717, 1.165) is 65.0 Å². The zero-order valence-corrected chi connectivity index (χ0v) is 21.2. The first-order chi connectivity index (χ1) is 17.6. The van der Waals surface area contributed by atoms with E-state index < -0.39 is 0 Å². The molecule has 6 rings (SSSR count). The van der Waals surface area contributed by atoms with Crippen molar-refractivity contribution in [1.82, 2.24) is 19.6 Å². The smallest absolute Gasteiger partial charge is 0.223 e. The zero-order valence-electron chi connectivity index (χ0n) is 21.2. The summed E-state index contributed by atoms with van der Waals surface area (Å²) in [4.78, 5) is 35.5. The predicted molar refractivity (Wildman–Crippen MR) is 140 cm³/mol. The van der Waals surface area contributed by atoms with Crippen molar-refractivity contribution in [3.63, 3.8) is 0 Å². The highest BCUT2D eigenvalue weighted by molar-refractivity contribution is 5.84. The van der Waals surface area contributed by atoms with Gasteiger partial charge in [0, 0.05) is 76.3 Å². The third-order valence-electron chi connectivity index (χ3n) is 8.94. The van der Waals surface area contributed by atoms with Gasteiger partial charge in [-0.3, -0.25) is 19.4 Å². The number of nitrogens with zero attached hydrogens (tertiary/aromatic N) is 4. The Bertz CT molecular complexity index is 948. The molecule has 0 aliphatic carbocycles. The van der Waals surface area contributed by atoms with Crippen LogP contribution in [0.4, 0.5) is 0 Å². The highest BCUT2D eigenvalue weighted by Crippen LogP contribution is 2.33. The molecule has 2 amide bonds. The lowest BCUT2D eigenvalue weighted by atomic mass is 10.1. The van der Waals surface area contributed by atoms with Crippen LogP contribution < -0.4 is 0 Å². The van der Waals surface area contributed by atoms with Gasteiger partial charge in [0.2, 0.25) is 11.8 Å². The van der Waals surface area contributed by atoms with Crippen LogP contribution in [0.5, 0.6) is 0 Å². The van der Waals surface area contributed by atoms with Gasteiger partial charge in [-0.1, -0.05) is 60.7 Å². The van der Waals surface area contributed by atoms with Crippen molar-refractivity contribution in [2.75, 3.05) is 26.2 Å². The number of benzene rings is 2. The van der Waals surface area contributed by atoms with Crippen molar-refractivity contribution in [3.8, 4) is 0 Å². The van der Waals surface area contributed by atoms with E-state index in [-0.39, 0.29) is 11.8 Å². The molecule has 6 heteroatoms. The summed E-state index contributed by atoms with van der Waals surface area (Å²) in [6.45, 7) is 5.15. The van der Waals surface area contributed by atoms with Crippen LogP contribution >= 0.6 is 0 Å². The average Bonchev–Trinajstić information content (AvgIpc) is 3.26. The van der Waals surface area contributed by atoms with Gasteiger partial charge in [0.05, 0.1) is 0 Å². The molecule has 4 heterocycles. The van der Waals surface area contributed by atoms with Crippen LogP contribution in [0.2, 0.25) is 0 Å². The summed E-state index contributed by atoms with van der Waals surface area (Å²) >= 11 is 0. The number of carbonyl (C=O) groups excluding carboxylic acids is 2. The van der Waals surface area contributed by atoms with E-state index in [1.54, 1.807) is 0 Å². The highest BCUT2D eigenvalue weighted by Gasteiger charge is 2.42. The van der Waals surface area contributed by atoms with E-state index in [1.807, 2.05) is 9.80 Å². The number of hydrogen-bond acceptors (Lipinski definition) is 4. The number of piperazine rings is 2. The van der Waals surface area contributed by atoms with Crippen LogP contribution in [0, 0.1) is 0 Å². The second kappa shape index (κ2) is 10.3. The molecule has 0 unspecified atom stereocenters. The molecule has 4 aliphatic heterocycles. The normalized spacial score (nSPS) is 28.0. The predicted octanol–water partition coefficient (Wildman–Crippen LogP) is 3.52. The minimum Gasteiger partial charge on any atom is -0.340 e. The van der Waals surface area contributed by atoms with Crippen LogP contribution in [0.1, 0.15) is 49.7 Å². The van der Waals surface area contributed by atoms with Crippen molar-refractivity contribution >= 4 is 11.8 Å². The third kappa shape index (κ3) is 4.94. The zero-order chi connectivity index (χ0) is 24.5. The van der Waals surface area contributed by atoms with E-state index in [4.69, 9.17) is 0 Å². The molecule has 4 aliphatic rings. The summed E-state index contributed by atoms with van der Waals surface area (Å²) in [7, 11) is 0. The molecule has 4 saturated heterocycles. The first-order valence-corrected chi connectivity index (χ1v) is 13.8. The molecule has 0 saturated carbocycles. The van der Waals surface area contributed by atoms with Crippen molar-refractivity contribution < 1.29 is 9.59 Å². The maximum atomic E-state index is 13.1. The summed E-state index contributed by atoms with van der Waals surface area (Å²) in [5.41, 5.74) is 2.69. The standard InChI is InChI=1S/C30H38N4O2/c35-29(31-19-25-11-12-26(20-31)33(25)17-23-7-3-1-4-8-23)15-16-30(36)32-21-27-13-14-28(22-32)34(27)18-24-9-5-2-6-10-24/h1-10,25-28H,11-22H2/t25-,26+,27-,28+. The monoisotopic (exact) mass is 486 g/mol. The minimum absolute atomic E-state index is 0.158. The molecule has 0 radical (unpaired) electrons. The van der Waals surface area contributed by atoms with Gasteiger partial charge in [-0.05, 0) is 36.8 Å². The number of hydrogen-bond donors (Lipinski definition) is 0. The van der Waals surface area contributed by atoms with Gasteiger partial charge in [-0.25, -0.2) is 0 Å². The molecule has 4 fully saturated rings. The summed E-state index contributed by atoms with van der Waals surface area (Å²) in [6, 6.07) is 23.1. The Labute approximate surface area is 214 Å². The van der Waals surface area contributed by atoms with Gasteiger partial charge in [0.15, 0.2) is 0 Å². The third-order valence-corrected chi connectivity index (χ3v) is 8.94. The molecule has 36 heavy (non-hydrogen) atoms. The maximum Gasteiger partial charge on any atom is 0.223 e. The van der Waals surface area contributed by atoms with E-state index >= 15 is 0 Å². The number of rotatable bonds is 7. The minimum atomic E-state index is 0.158. The number of likely N-dealkylation sites (tertiary alicyclic amines) is 2. The summed E-state index contributed by atoms with van der Waals surface area (Å²) in [5.74, 6) is 0.315. The van der Waals surface area contributed by atoms with E-state index in [0.29, 0.717) is 37.0 Å². The second-order valence-corrected chi connectivity index (χ2v) is 11.2. The van der Waals surface area contributed by atoms with Crippen molar-refractivity contribution in [2.45, 2.75) is 75.8 Å². The van der Waals surface area contributed by atoms with Crippen LogP contribution in [-0.2, 0) is 22.7 Å². The summed E-state index contributed by atoms with van der Waals surface area (Å²) in [6.07, 6.45) is 5.34. The fourth-order valence-corrected chi connectivity index (χ4v) is 7.02. The van der Waals surface area contributed by atoms with Crippen LogP contribution in [0.15, 0.2) is 60.7 Å². The Hall–Kier alpha value is -2.70. The van der Waals surface area contributed by atoms with Gasteiger partial charge in [-0.2, -0.15) is 0 Å². The SMILES string of the molecule is O=C(CCC(=O)N1C[C@H]2CC[C@@H](C1)N2Cc1ccccc1)N1C[C@H]2CC[C@@H](C1)N2Cc1ccccc1. The van der Waals surface area contributed by atoms with E-state index in [1.165, 1.54) is 11.1 Å². The lowest BCUT2D eigenvalue weighted by Crippen LogP contribution is -2.55. The molecular weight excluding hydrogens is 448 g/mol. The van der Waals surface area contributed by atoms with Crippen molar-refractivity contribution in [1.29, 1.82) is 0 Å². The van der Waals surface area contributed by atoms with Gasteiger partial charge >= 0.3 is 0 Å². The average molecular weight is 487 g/mol.